The van der Waals surface area contributed by atoms with Gasteiger partial charge in [-0.05, 0) is 49.3 Å². The van der Waals surface area contributed by atoms with Crippen molar-refractivity contribution < 1.29 is 28.2 Å². The third-order valence-corrected chi connectivity index (χ3v) is 7.76. The predicted molar refractivity (Wildman–Crippen MR) is 144 cm³/mol. The van der Waals surface area contributed by atoms with Crippen LogP contribution in [-0.4, -0.2) is 56.3 Å². The minimum atomic E-state index is -4.10. The fraction of sp³-hybridized carbons (Fsp3) is 0.296. The van der Waals surface area contributed by atoms with Crippen molar-refractivity contribution in [1.29, 1.82) is 0 Å². The van der Waals surface area contributed by atoms with Gasteiger partial charge in [-0.15, -0.1) is 0 Å². The number of hydrogen-bond acceptors (Lipinski definition) is 7. The average Bonchev–Trinajstić information content (AvgIpc) is 2.79. The van der Waals surface area contributed by atoms with Crippen molar-refractivity contribution in [2.75, 3.05) is 19.0 Å². The second-order valence-corrected chi connectivity index (χ2v) is 11.2. The molecule has 37 heavy (non-hydrogen) atoms. The number of carbonyl (C=O) groups is 2. The van der Waals surface area contributed by atoms with E-state index in [1.165, 1.54) is 30.5 Å². The Morgan fingerprint density at radius 3 is 2.46 bits per heavy atom. The van der Waals surface area contributed by atoms with Gasteiger partial charge in [0.15, 0.2) is 5.78 Å². The summed E-state index contributed by atoms with van der Waals surface area (Å²) in [6.45, 7) is 4.72. The molecule has 0 fully saturated rings. The van der Waals surface area contributed by atoms with Gasteiger partial charge in [0.25, 0.3) is 10.0 Å². The largest absolute Gasteiger partial charge is 0.478 e. The molecule has 0 aromatic heterocycles. The number of carboxylic acids is 1. The number of allylic oxidation sites excluding steroid dienone is 3. The molecule has 0 saturated carbocycles. The maximum absolute atomic E-state index is 13.2. The van der Waals surface area contributed by atoms with Crippen LogP contribution in [-0.2, 0) is 19.6 Å². The number of aliphatic hydroxyl groups is 1. The number of sulfonamides is 1. The van der Waals surface area contributed by atoms with E-state index < -0.39 is 27.0 Å². The second-order valence-electron chi connectivity index (χ2n) is 9.59. The molecule has 3 rings (SSSR count). The van der Waals surface area contributed by atoms with Crippen LogP contribution in [0.25, 0.3) is 10.8 Å². The van der Waals surface area contributed by atoms with Crippen LogP contribution >= 0.6 is 0 Å². The Kier molecular flexibility index (Phi) is 7.75. The van der Waals surface area contributed by atoms with Crippen molar-refractivity contribution in [3.05, 3.63) is 71.8 Å². The lowest BCUT2D eigenvalue weighted by molar-refractivity contribution is -0.131. The van der Waals surface area contributed by atoms with Crippen molar-refractivity contribution in [3.63, 3.8) is 0 Å². The van der Waals surface area contributed by atoms with E-state index in [-0.39, 0.29) is 17.1 Å². The van der Waals surface area contributed by atoms with Crippen molar-refractivity contribution in [2.45, 2.75) is 37.7 Å². The molecule has 2 aromatic carbocycles. The van der Waals surface area contributed by atoms with Crippen LogP contribution in [0.1, 0.15) is 27.2 Å². The molecule has 0 radical (unpaired) electrons. The normalized spacial score (nSPS) is 23.0. The molecule has 0 saturated heterocycles. The number of aliphatic carboxylic acids is 1. The Morgan fingerprint density at radius 1 is 1.16 bits per heavy atom. The van der Waals surface area contributed by atoms with Gasteiger partial charge in [0.1, 0.15) is 5.60 Å². The number of rotatable bonds is 8. The monoisotopic (exact) mass is 525 g/mol. The van der Waals surface area contributed by atoms with Crippen molar-refractivity contribution in [3.8, 4) is 0 Å². The highest BCUT2D eigenvalue weighted by Gasteiger charge is 2.49. The van der Waals surface area contributed by atoms with E-state index in [9.17, 15) is 23.1 Å². The molecule has 10 heteroatoms. The van der Waals surface area contributed by atoms with Crippen molar-refractivity contribution in [2.24, 2.45) is 10.5 Å². The van der Waals surface area contributed by atoms with E-state index in [0.29, 0.717) is 16.5 Å². The quantitative estimate of drug-likeness (QED) is 0.208. The summed E-state index contributed by atoms with van der Waals surface area (Å²) in [6.07, 6.45) is 6.22. The summed E-state index contributed by atoms with van der Waals surface area (Å²) < 4.78 is 26.4. The molecule has 0 aliphatic heterocycles. The Hall–Kier alpha value is -3.76. The van der Waals surface area contributed by atoms with Crippen LogP contribution in [0.3, 0.4) is 0 Å². The Morgan fingerprint density at radius 2 is 1.81 bits per heavy atom. The Labute approximate surface area is 216 Å². The highest BCUT2D eigenvalue weighted by Crippen LogP contribution is 2.43. The van der Waals surface area contributed by atoms with Gasteiger partial charge in [0.05, 0.1) is 4.90 Å². The van der Waals surface area contributed by atoms with E-state index >= 15 is 0 Å². The highest BCUT2D eigenvalue weighted by atomic mass is 32.2. The number of benzene rings is 2. The van der Waals surface area contributed by atoms with Crippen LogP contribution in [0.5, 0.6) is 0 Å². The summed E-state index contributed by atoms with van der Waals surface area (Å²) in [7, 11) is -0.359. The minimum absolute atomic E-state index is 0.0383. The topological polar surface area (TPSA) is 136 Å². The molecule has 0 amide bonds. The molecule has 9 nitrogen and oxygen atoms in total. The van der Waals surface area contributed by atoms with Gasteiger partial charge in [0, 0.05) is 54.7 Å². The molecule has 0 spiro atoms. The fourth-order valence-electron chi connectivity index (χ4n) is 4.49. The van der Waals surface area contributed by atoms with Crippen LogP contribution in [0.15, 0.2) is 81.8 Å². The molecule has 196 valence electrons. The van der Waals surface area contributed by atoms with Gasteiger partial charge in [0.2, 0.25) is 0 Å². The van der Waals surface area contributed by atoms with E-state index in [1.807, 2.05) is 31.1 Å². The predicted octanol–water partition coefficient (Wildman–Crippen LogP) is 3.41. The number of hydrazone groups is 1. The molecule has 2 aromatic rings. The zero-order valence-electron chi connectivity index (χ0n) is 21.4. The van der Waals surface area contributed by atoms with Crippen LogP contribution in [0.2, 0.25) is 0 Å². The standard InChI is InChI=1S/C27H31N3O6S/c1-18(14-25(32)33)12-13-27(34)19(2)15-20(31)16-26(27,3)17-28-29-37(35,36)24-11-7-8-21-22(24)9-6-10-23(21)30(4)5/h6-15,17,29,34H,16H2,1-5H3,(H,32,33)/b13-12+,18-14-,28-17+/t26-,27-/m1/s1. The first kappa shape index (κ1) is 27.8. The zero-order valence-corrected chi connectivity index (χ0v) is 22.2. The number of anilines is 1. The number of fused-ring (bicyclic) bond motifs is 1. The van der Waals surface area contributed by atoms with Crippen LogP contribution in [0, 0.1) is 5.41 Å². The maximum atomic E-state index is 13.2. The second kappa shape index (κ2) is 10.3. The maximum Gasteiger partial charge on any atom is 0.328 e. The first-order valence-corrected chi connectivity index (χ1v) is 13.0. The molecule has 2 atom stereocenters. The number of nitrogens with one attached hydrogen (secondary N) is 1. The summed E-state index contributed by atoms with van der Waals surface area (Å²) in [4.78, 5) is 27.5. The van der Waals surface area contributed by atoms with Crippen LogP contribution in [0.4, 0.5) is 5.69 Å². The van der Waals surface area contributed by atoms with Gasteiger partial charge in [-0.1, -0.05) is 37.3 Å². The lowest BCUT2D eigenvalue weighted by Crippen LogP contribution is -2.51. The number of carbonyl (C=O) groups excluding carboxylic acids is 1. The van der Waals surface area contributed by atoms with Gasteiger partial charge < -0.3 is 15.1 Å². The fourth-order valence-corrected chi connectivity index (χ4v) is 5.50. The van der Waals surface area contributed by atoms with Gasteiger partial charge in [-0.25, -0.2) is 9.63 Å². The summed E-state index contributed by atoms with van der Waals surface area (Å²) >= 11 is 0. The van der Waals surface area contributed by atoms with E-state index in [4.69, 9.17) is 5.11 Å². The van der Waals surface area contributed by atoms with E-state index in [1.54, 1.807) is 39.0 Å². The van der Waals surface area contributed by atoms with Gasteiger partial charge in [-0.2, -0.15) is 13.5 Å². The number of nitrogens with zero attached hydrogens (tertiary/aromatic N) is 2. The first-order chi connectivity index (χ1) is 17.2. The van der Waals surface area contributed by atoms with E-state index in [0.717, 1.165) is 17.1 Å². The molecular weight excluding hydrogens is 494 g/mol. The lowest BCUT2D eigenvalue weighted by Gasteiger charge is -2.43. The average molecular weight is 526 g/mol. The lowest BCUT2D eigenvalue weighted by atomic mass is 9.64. The third-order valence-electron chi connectivity index (χ3n) is 6.48. The minimum Gasteiger partial charge on any atom is -0.478 e. The summed E-state index contributed by atoms with van der Waals surface area (Å²) in [5.74, 6) is -1.39. The Bertz CT molecular complexity index is 1470. The molecule has 1 aliphatic carbocycles. The number of hydrogen-bond donors (Lipinski definition) is 3. The van der Waals surface area contributed by atoms with Crippen LogP contribution < -0.4 is 9.73 Å². The molecule has 0 bridgehead atoms. The molecule has 0 unspecified atom stereocenters. The highest BCUT2D eigenvalue weighted by molar-refractivity contribution is 7.89. The molecule has 1 aliphatic rings. The summed E-state index contributed by atoms with van der Waals surface area (Å²) in [5, 5.41) is 25.8. The Balaban J connectivity index is 1.99. The first-order valence-electron chi connectivity index (χ1n) is 11.5. The SMILES string of the molecule is CC1=CC(=O)C[C@](C)(/C=N/NS(=O)(=O)c2cccc3c(N(C)C)cccc23)[C@@]1(O)/C=C/C(C)=C\C(=O)O. The van der Waals surface area contributed by atoms with E-state index in [2.05, 4.69) is 9.93 Å². The van der Waals surface area contributed by atoms with Gasteiger partial charge in [-0.3, -0.25) is 4.79 Å². The third kappa shape index (κ3) is 5.65. The molecule has 0 heterocycles. The number of ketones is 1. The van der Waals surface area contributed by atoms with Crippen molar-refractivity contribution in [1.82, 2.24) is 4.83 Å². The summed E-state index contributed by atoms with van der Waals surface area (Å²) in [5.41, 5.74) is -1.48. The zero-order chi connectivity index (χ0) is 27.6. The summed E-state index contributed by atoms with van der Waals surface area (Å²) in [6, 6.07) is 10.4. The molecule has 3 N–H and O–H groups in total. The van der Waals surface area contributed by atoms with Crippen molar-refractivity contribution >= 4 is 44.5 Å². The smallest absolute Gasteiger partial charge is 0.328 e. The van der Waals surface area contributed by atoms with Gasteiger partial charge >= 0.3 is 5.97 Å². The number of carboxylic acid groups (broad SMARTS) is 1. The molecular formula is C27H31N3O6S.